The quantitative estimate of drug-likeness (QED) is 0.619. The summed E-state index contributed by atoms with van der Waals surface area (Å²) in [6.45, 7) is 1.47. The number of benzene rings is 2. The Balaban J connectivity index is 1.73. The zero-order chi connectivity index (χ0) is 18.0. The lowest BCUT2D eigenvalue weighted by Gasteiger charge is -2.16. The van der Waals surface area contributed by atoms with Crippen LogP contribution in [0.3, 0.4) is 0 Å². The van der Waals surface area contributed by atoms with Gasteiger partial charge in [-0.1, -0.05) is 42.5 Å². The Hall–Kier alpha value is -3.06. The van der Waals surface area contributed by atoms with Crippen LogP contribution in [0.25, 0.3) is 0 Å². The highest BCUT2D eigenvalue weighted by atomic mass is 19.1. The molecule has 1 saturated heterocycles. The zero-order valence-electron chi connectivity index (χ0n) is 13.4. The Labute approximate surface area is 143 Å². The molecule has 1 heterocycles. The Morgan fingerprint density at radius 2 is 1.56 bits per heavy atom. The third-order valence-electron chi connectivity index (χ3n) is 3.91. The number of aryl methyl sites for hydroxylation is 1. The molecule has 2 aromatic carbocycles. The van der Waals surface area contributed by atoms with Crippen LogP contribution in [-0.4, -0.2) is 27.8 Å². The van der Waals surface area contributed by atoms with Gasteiger partial charge in [-0.2, -0.15) is 0 Å². The molecule has 0 atom stereocenters. The third kappa shape index (κ3) is 3.27. The second kappa shape index (κ2) is 6.82. The molecule has 1 aliphatic rings. The molecule has 1 aliphatic heterocycles. The summed E-state index contributed by atoms with van der Waals surface area (Å²) in [5, 5.41) is 0.382. The van der Waals surface area contributed by atoms with Gasteiger partial charge in [-0.3, -0.25) is 14.4 Å². The molecule has 6 nitrogen and oxygen atoms in total. The third-order valence-corrected chi connectivity index (χ3v) is 3.91. The Morgan fingerprint density at radius 1 is 0.920 bits per heavy atom. The van der Waals surface area contributed by atoms with Gasteiger partial charge in [-0.05, 0) is 24.1 Å². The topological polar surface area (TPSA) is 66.9 Å². The van der Waals surface area contributed by atoms with E-state index in [0.29, 0.717) is 5.06 Å². The number of rotatable bonds is 5. The first-order valence-corrected chi connectivity index (χ1v) is 7.60. The van der Waals surface area contributed by atoms with E-state index in [0.717, 1.165) is 16.0 Å². The van der Waals surface area contributed by atoms with E-state index in [1.165, 1.54) is 18.2 Å². The number of hydrogen-bond donors (Lipinski definition) is 0. The molecular formula is C18H15FN2O4. The van der Waals surface area contributed by atoms with Crippen LogP contribution in [0.5, 0.6) is 0 Å². The summed E-state index contributed by atoms with van der Waals surface area (Å²) in [6, 6.07) is 12.2. The van der Waals surface area contributed by atoms with Crippen LogP contribution in [0.1, 0.15) is 16.7 Å². The molecule has 0 spiro atoms. The number of carbonyl (C=O) groups excluding carboxylic acids is 3. The monoisotopic (exact) mass is 342 g/mol. The predicted octanol–water partition coefficient (Wildman–Crippen LogP) is 2.56. The van der Waals surface area contributed by atoms with Gasteiger partial charge >= 0.3 is 17.8 Å². The van der Waals surface area contributed by atoms with Gasteiger partial charge in [0.2, 0.25) is 0 Å². The number of urea groups is 1. The van der Waals surface area contributed by atoms with Crippen molar-refractivity contribution < 1.29 is 23.6 Å². The molecule has 25 heavy (non-hydrogen) atoms. The smallest absolute Gasteiger partial charge is 0.263 e. The first-order valence-electron chi connectivity index (χ1n) is 7.60. The number of carbonyl (C=O) groups is 3. The number of imide groups is 2. The fourth-order valence-electron chi connectivity index (χ4n) is 2.45. The van der Waals surface area contributed by atoms with E-state index in [4.69, 9.17) is 4.84 Å². The second-order valence-corrected chi connectivity index (χ2v) is 5.56. The number of nitrogens with zero attached hydrogens (tertiary/aromatic N) is 2. The second-order valence-electron chi connectivity index (χ2n) is 5.56. The summed E-state index contributed by atoms with van der Waals surface area (Å²) in [4.78, 5) is 42.3. The largest absolute Gasteiger partial charge is 0.359 e. The molecule has 0 aliphatic carbocycles. The molecule has 0 bridgehead atoms. The lowest BCUT2D eigenvalue weighted by molar-refractivity contribution is -0.169. The van der Waals surface area contributed by atoms with Gasteiger partial charge in [-0.25, -0.2) is 14.1 Å². The van der Waals surface area contributed by atoms with Gasteiger partial charge in [-0.15, -0.1) is 5.06 Å². The van der Waals surface area contributed by atoms with Crippen LogP contribution >= 0.6 is 0 Å². The van der Waals surface area contributed by atoms with Gasteiger partial charge in [0.05, 0.1) is 6.54 Å². The van der Waals surface area contributed by atoms with Crippen molar-refractivity contribution in [3.63, 3.8) is 0 Å². The Bertz CT molecular complexity index is 852. The van der Waals surface area contributed by atoms with E-state index in [1.54, 1.807) is 18.2 Å². The van der Waals surface area contributed by atoms with Crippen molar-refractivity contribution in [2.75, 3.05) is 0 Å². The highest BCUT2D eigenvalue weighted by Crippen LogP contribution is 2.19. The van der Waals surface area contributed by atoms with E-state index in [1.807, 2.05) is 19.1 Å². The minimum absolute atomic E-state index is 0.0321. The van der Waals surface area contributed by atoms with Crippen molar-refractivity contribution in [2.24, 2.45) is 0 Å². The standard InChI is InChI=1S/C18H15FN2O4/c1-12-6-2-3-7-13(12)10-20-16(22)17(23)21(18(20)24)25-11-14-8-4-5-9-15(14)19/h2-9H,10-11H2,1H3. The fraction of sp³-hybridized carbons (Fsp3) is 0.167. The van der Waals surface area contributed by atoms with E-state index < -0.39 is 23.7 Å². The van der Waals surface area contributed by atoms with E-state index in [9.17, 15) is 18.8 Å². The summed E-state index contributed by atoms with van der Waals surface area (Å²) in [6.07, 6.45) is 0. The van der Waals surface area contributed by atoms with E-state index in [2.05, 4.69) is 0 Å². The van der Waals surface area contributed by atoms with Crippen LogP contribution in [0, 0.1) is 12.7 Å². The van der Waals surface area contributed by atoms with Crippen LogP contribution in [0.2, 0.25) is 0 Å². The summed E-state index contributed by atoms with van der Waals surface area (Å²) in [5.74, 6) is -2.58. The lowest BCUT2D eigenvalue weighted by atomic mass is 10.1. The van der Waals surface area contributed by atoms with Crippen LogP contribution in [0.4, 0.5) is 9.18 Å². The highest BCUT2D eigenvalue weighted by molar-refractivity contribution is 6.44. The first-order chi connectivity index (χ1) is 12.0. The summed E-state index contributed by atoms with van der Waals surface area (Å²) in [5.41, 5.74) is 1.81. The van der Waals surface area contributed by atoms with Gasteiger partial charge in [0.1, 0.15) is 12.4 Å². The Kier molecular flexibility index (Phi) is 4.58. The maximum Gasteiger partial charge on any atom is 0.359 e. The van der Waals surface area contributed by atoms with E-state index in [-0.39, 0.29) is 18.7 Å². The Morgan fingerprint density at radius 3 is 2.24 bits per heavy atom. The fourth-order valence-corrected chi connectivity index (χ4v) is 2.45. The molecule has 3 rings (SSSR count). The molecule has 7 heteroatoms. The van der Waals surface area contributed by atoms with Gasteiger partial charge in [0.25, 0.3) is 0 Å². The lowest BCUT2D eigenvalue weighted by Crippen LogP contribution is -2.33. The average Bonchev–Trinajstić information content (AvgIpc) is 2.80. The van der Waals surface area contributed by atoms with Crippen LogP contribution in [0.15, 0.2) is 48.5 Å². The molecule has 0 unspecified atom stereocenters. The maximum absolute atomic E-state index is 13.6. The van der Waals surface area contributed by atoms with Crippen LogP contribution < -0.4 is 0 Å². The molecule has 128 valence electrons. The van der Waals surface area contributed by atoms with Crippen molar-refractivity contribution in [3.05, 3.63) is 71.0 Å². The van der Waals surface area contributed by atoms with Crippen molar-refractivity contribution in [2.45, 2.75) is 20.1 Å². The predicted molar refractivity (Wildman–Crippen MR) is 85.2 cm³/mol. The molecule has 4 amide bonds. The first kappa shape index (κ1) is 16.8. The molecular weight excluding hydrogens is 327 g/mol. The number of amides is 4. The summed E-state index contributed by atoms with van der Waals surface area (Å²) < 4.78 is 13.6. The van der Waals surface area contributed by atoms with Crippen molar-refractivity contribution in [3.8, 4) is 0 Å². The number of hydroxylamine groups is 2. The van der Waals surface area contributed by atoms with Crippen molar-refractivity contribution in [1.82, 2.24) is 9.96 Å². The minimum Gasteiger partial charge on any atom is -0.263 e. The number of halogens is 1. The van der Waals surface area contributed by atoms with Gasteiger partial charge < -0.3 is 0 Å². The zero-order valence-corrected chi connectivity index (χ0v) is 13.4. The maximum atomic E-state index is 13.6. The van der Waals surface area contributed by atoms with Crippen molar-refractivity contribution in [1.29, 1.82) is 0 Å². The molecule has 2 aromatic rings. The molecule has 0 radical (unpaired) electrons. The summed E-state index contributed by atoms with van der Waals surface area (Å²) >= 11 is 0. The normalized spacial score (nSPS) is 14.6. The molecule has 0 aromatic heterocycles. The molecule has 1 fully saturated rings. The summed E-state index contributed by atoms with van der Waals surface area (Å²) in [7, 11) is 0. The number of hydrogen-bond acceptors (Lipinski definition) is 4. The van der Waals surface area contributed by atoms with Gasteiger partial charge in [0.15, 0.2) is 0 Å². The van der Waals surface area contributed by atoms with E-state index >= 15 is 0 Å². The minimum atomic E-state index is -1.09. The van der Waals surface area contributed by atoms with Crippen molar-refractivity contribution >= 4 is 17.8 Å². The highest BCUT2D eigenvalue weighted by Gasteiger charge is 2.46. The molecule has 0 saturated carbocycles. The SMILES string of the molecule is Cc1ccccc1CN1C(=O)C(=O)N(OCc2ccccc2F)C1=O. The average molecular weight is 342 g/mol. The van der Waals surface area contributed by atoms with Gasteiger partial charge in [0, 0.05) is 5.56 Å². The van der Waals surface area contributed by atoms with Crippen LogP contribution in [-0.2, 0) is 27.6 Å². The molecule has 0 N–H and O–H groups in total.